The van der Waals surface area contributed by atoms with E-state index in [0.29, 0.717) is 51.3 Å². The first kappa shape index (κ1) is 28.5. The molecule has 0 aromatic heterocycles. The molecule has 7 nitrogen and oxygen atoms in total. The number of benzene rings is 2. The van der Waals surface area contributed by atoms with Crippen LogP contribution in [0.5, 0.6) is 11.5 Å². The van der Waals surface area contributed by atoms with Crippen molar-refractivity contribution in [2.45, 2.75) is 89.9 Å². The van der Waals surface area contributed by atoms with E-state index < -0.39 is 11.4 Å². The number of aryl methyl sites for hydroxylation is 1. The molecule has 2 fully saturated rings. The van der Waals surface area contributed by atoms with Crippen molar-refractivity contribution in [1.82, 2.24) is 4.90 Å². The predicted molar refractivity (Wildman–Crippen MR) is 153 cm³/mol. The molecule has 2 aromatic rings. The van der Waals surface area contributed by atoms with Gasteiger partial charge < -0.3 is 24.2 Å². The van der Waals surface area contributed by atoms with Gasteiger partial charge in [-0.25, -0.2) is 0 Å². The monoisotopic (exact) mass is 549 g/mol. The highest BCUT2D eigenvalue weighted by Crippen LogP contribution is 2.51. The summed E-state index contributed by atoms with van der Waals surface area (Å²) >= 11 is 0. The van der Waals surface area contributed by atoms with Crippen LogP contribution in [-0.4, -0.2) is 53.3 Å². The summed E-state index contributed by atoms with van der Waals surface area (Å²) in [5.74, 6) is 1.06. The van der Waals surface area contributed by atoms with Crippen molar-refractivity contribution >= 4 is 11.9 Å². The average molecular weight is 550 g/mol. The first-order chi connectivity index (χ1) is 19.2. The highest BCUT2D eigenvalue weighted by atomic mass is 16.5. The van der Waals surface area contributed by atoms with Gasteiger partial charge in [-0.3, -0.25) is 9.59 Å². The SMILES string of the molecule is CC(=O)N1CCC(CCCOc2ccc3c(c2)OC(C)(C)[C@@H]2CC[C@@H](CCc4ccccc4)O[C@@H]32)(C(=O)O)CC1. The average Bonchev–Trinajstić information content (AvgIpc) is 2.94. The number of nitrogens with zero attached hydrogens (tertiary/aromatic N) is 1. The summed E-state index contributed by atoms with van der Waals surface area (Å²) in [4.78, 5) is 25.5. The number of carbonyl (C=O) groups excluding carboxylic acids is 1. The second-order valence-electron chi connectivity index (χ2n) is 12.3. The number of piperidine rings is 1. The Labute approximate surface area is 237 Å². The minimum Gasteiger partial charge on any atom is -0.493 e. The Bertz CT molecular complexity index is 1190. The Morgan fingerprint density at radius 1 is 1.07 bits per heavy atom. The van der Waals surface area contributed by atoms with E-state index >= 15 is 0 Å². The summed E-state index contributed by atoms with van der Waals surface area (Å²) in [6.07, 6.45) is 6.50. The quantitative estimate of drug-likeness (QED) is 0.375. The van der Waals surface area contributed by atoms with Crippen molar-refractivity contribution in [2.75, 3.05) is 19.7 Å². The number of carboxylic acid groups (broad SMARTS) is 1. The van der Waals surface area contributed by atoms with E-state index in [4.69, 9.17) is 14.2 Å². The lowest BCUT2D eigenvalue weighted by atomic mass is 9.75. The van der Waals surface area contributed by atoms with E-state index in [2.05, 4.69) is 50.2 Å². The molecular weight excluding hydrogens is 506 g/mol. The fourth-order valence-corrected chi connectivity index (χ4v) is 6.78. The van der Waals surface area contributed by atoms with Crippen molar-refractivity contribution < 1.29 is 28.9 Å². The molecule has 7 heteroatoms. The maximum atomic E-state index is 12.1. The molecule has 3 atom stereocenters. The molecule has 3 aliphatic heterocycles. The van der Waals surface area contributed by atoms with E-state index in [0.717, 1.165) is 42.7 Å². The molecule has 2 saturated heterocycles. The van der Waals surface area contributed by atoms with Crippen LogP contribution in [0, 0.1) is 11.3 Å². The maximum Gasteiger partial charge on any atom is 0.309 e. The minimum absolute atomic E-state index is 0.00128. The summed E-state index contributed by atoms with van der Waals surface area (Å²) in [5.41, 5.74) is 1.30. The number of likely N-dealkylation sites (tertiary alicyclic amines) is 1. The molecular formula is C33H43NO6. The third-order valence-electron chi connectivity index (χ3n) is 9.35. The van der Waals surface area contributed by atoms with Crippen molar-refractivity contribution in [3.8, 4) is 11.5 Å². The van der Waals surface area contributed by atoms with Crippen LogP contribution in [0.25, 0.3) is 0 Å². The van der Waals surface area contributed by atoms with Gasteiger partial charge in [0.25, 0.3) is 0 Å². The number of hydrogen-bond acceptors (Lipinski definition) is 5. The Balaban J connectivity index is 1.19. The van der Waals surface area contributed by atoms with E-state index in [1.165, 1.54) is 12.5 Å². The lowest BCUT2D eigenvalue weighted by molar-refractivity contribution is -0.154. The smallest absolute Gasteiger partial charge is 0.309 e. The van der Waals surface area contributed by atoms with E-state index in [9.17, 15) is 14.7 Å². The Morgan fingerprint density at radius 2 is 1.82 bits per heavy atom. The fraction of sp³-hybridized carbons (Fsp3) is 0.576. The summed E-state index contributed by atoms with van der Waals surface area (Å²) in [5, 5.41) is 9.94. The first-order valence-corrected chi connectivity index (χ1v) is 14.8. The van der Waals surface area contributed by atoms with Gasteiger partial charge in [0.1, 0.15) is 17.1 Å². The van der Waals surface area contributed by atoms with E-state index in [1.807, 2.05) is 12.1 Å². The summed E-state index contributed by atoms with van der Waals surface area (Å²) in [6, 6.07) is 16.6. The third kappa shape index (κ3) is 6.14. The molecule has 216 valence electrons. The number of hydrogen-bond donors (Lipinski definition) is 1. The lowest BCUT2D eigenvalue weighted by Gasteiger charge is -2.48. The van der Waals surface area contributed by atoms with Gasteiger partial charge in [-0.2, -0.15) is 0 Å². The molecule has 40 heavy (non-hydrogen) atoms. The van der Waals surface area contributed by atoms with Gasteiger partial charge in [0, 0.05) is 37.6 Å². The zero-order valence-corrected chi connectivity index (χ0v) is 24.1. The molecule has 0 unspecified atom stereocenters. The molecule has 0 bridgehead atoms. The Morgan fingerprint density at radius 3 is 2.52 bits per heavy atom. The van der Waals surface area contributed by atoms with Crippen LogP contribution in [0.1, 0.15) is 82.9 Å². The fourth-order valence-electron chi connectivity index (χ4n) is 6.78. The number of carboxylic acids is 1. The van der Waals surface area contributed by atoms with Crippen LogP contribution in [0.3, 0.4) is 0 Å². The normalized spacial score (nSPS) is 24.8. The minimum atomic E-state index is -0.789. The van der Waals surface area contributed by atoms with Gasteiger partial charge in [0.2, 0.25) is 5.91 Å². The van der Waals surface area contributed by atoms with Crippen LogP contribution < -0.4 is 9.47 Å². The van der Waals surface area contributed by atoms with E-state index in [1.54, 1.807) is 4.90 Å². The number of ether oxygens (including phenoxy) is 3. The molecule has 1 amide bonds. The largest absolute Gasteiger partial charge is 0.493 e. The number of rotatable bonds is 9. The van der Waals surface area contributed by atoms with Gasteiger partial charge in [-0.05, 0) is 82.9 Å². The summed E-state index contributed by atoms with van der Waals surface area (Å²) in [7, 11) is 0. The van der Waals surface area contributed by atoms with Crippen LogP contribution in [0.2, 0.25) is 0 Å². The number of aliphatic carboxylic acids is 1. The molecule has 2 aromatic carbocycles. The standard InChI is InChI=1S/C33H43NO6/c1-23(35)34-19-17-33(18-20-34,31(36)37)16-7-21-38-26-12-14-27-29(22-26)40-32(2,3)28-15-13-25(39-30(27)28)11-10-24-8-5-4-6-9-24/h4-6,8-9,12,14,22,25,28,30H,7,10-11,13,15-21H2,1-3H3,(H,36,37)/t25-,28-,30+/m1/s1. The Hall–Kier alpha value is -3.06. The van der Waals surface area contributed by atoms with Crippen molar-refractivity contribution in [3.05, 3.63) is 59.7 Å². The summed E-state index contributed by atoms with van der Waals surface area (Å²) < 4.78 is 19.3. The van der Waals surface area contributed by atoms with Gasteiger partial charge in [0.15, 0.2) is 0 Å². The molecule has 0 saturated carbocycles. The van der Waals surface area contributed by atoms with Crippen molar-refractivity contribution in [2.24, 2.45) is 11.3 Å². The first-order valence-electron chi connectivity index (χ1n) is 14.8. The molecule has 3 aliphatic rings. The van der Waals surface area contributed by atoms with Crippen molar-refractivity contribution in [1.29, 1.82) is 0 Å². The predicted octanol–water partition coefficient (Wildman–Crippen LogP) is 6.20. The van der Waals surface area contributed by atoms with Crippen LogP contribution in [0.4, 0.5) is 0 Å². The maximum absolute atomic E-state index is 12.1. The number of amides is 1. The second kappa shape index (κ2) is 11.8. The van der Waals surface area contributed by atoms with Gasteiger partial charge >= 0.3 is 5.97 Å². The highest BCUT2D eigenvalue weighted by molar-refractivity contribution is 5.76. The third-order valence-corrected chi connectivity index (χ3v) is 9.35. The molecule has 5 rings (SSSR count). The van der Waals surface area contributed by atoms with Crippen LogP contribution >= 0.6 is 0 Å². The zero-order valence-electron chi connectivity index (χ0n) is 24.1. The van der Waals surface area contributed by atoms with Gasteiger partial charge in [-0.1, -0.05) is 30.3 Å². The summed E-state index contributed by atoms with van der Waals surface area (Å²) in [6.45, 7) is 7.26. The lowest BCUT2D eigenvalue weighted by Crippen LogP contribution is -2.48. The van der Waals surface area contributed by atoms with Crippen LogP contribution in [-0.2, 0) is 20.7 Å². The molecule has 3 heterocycles. The van der Waals surface area contributed by atoms with Crippen LogP contribution in [0.15, 0.2) is 48.5 Å². The zero-order chi connectivity index (χ0) is 28.3. The molecule has 0 radical (unpaired) electrons. The van der Waals surface area contributed by atoms with E-state index in [-0.39, 0.29) is 23.7 Å². The number of carbonyl (C=O) groups is 2. The molecule has 0 spiro atoms. The Kier molecular flexibility index (Phi) is 8.41. The molecule has 0 aliphatic carbocycles. The second-order valence-corrected chi connectivity index (χ2v) is 12.3. The molecule has 1 N–H and O–H groups in total. The van der Waals surface area contributed by atoms with Crippen molar-refractivity contribution in [3.63, 3.8) is 0 Å². The van der Waals surface area contributed by atoms with Gasteiger partial charge in [-0.15, -0.1) is 0 Å². The highest BCUT2D eigenvalue weighted by Gasteiger charge is 2.47. The van der Waals surface area contributed by atoms with Gasteiger partial charge in [0.05, 0.1) is 24.2 Å². The number of fused-ring (bicyclic) bond motifs is 3. The topological polar surface area (TPSA) is 85.3 Å².